The maximum Gasteiger partial charge on any atom is 0.241 e. The van der Waals surface area contributed by atoms with Crippen molar-refractivity contribution in [1.82, 2.24) is 4.72 Å². The van der Waals surface area contributed by atoms with Gasteiger partial charge in [0.2, 0.25) is 15.9 Å². The second kappa shape index (κ2) is 7.83. The summed E-state index contributed by atoms with van der Waals surface area (Å²) in [7, 11) is -3.70. The van der Waals surface area contributed by atoms with Gasteiger partial charge in [0.05, 0.1) is 10.6 Å². The summed E-state index contributed by atoms with van der Waals surface area (Å²) in [6, 6.07) is 13.7. The summed E-state index contributed by atoms with van der Waals surface area (Å²) in [5.74, 6) is -0.245. The van der Waals surface area contributed by atoms with Gasteiger partial charge in [0.1, 0.15) is 0 Å². The number of amides is 1. The van der Waals surface area contributed by atoms with Crippen LogP contribution in [0.15, 0.2) is 58.3 Å². The van der Waals surface area contributed by atoms with Gasteiger partial charge in [-0.1, -0.05) is 30.3 Å². The van der Waals surface area contributed by atoms with Gasteiger partial charge in [-0.3, -0.25) is 4.79 Å². The third-order valence-electron chi connectivity index (χ3n) is 3.42. The van der Waals surface area contributed by atoms with Crippen LogP contribution >= 0.6 is 11.8 Å². The highest BCUT2D eigenvalue weighted by atomic mass is 32.2. The van der Waals surface area contributed by atoms with Crippen LogP contribution in [0.4, 0.5) is 5.69 Å². The first-order valence-corrected chi connectivity index (χ1v) is 10.1. The lowest BCUT2D eigenvalue weighted by Gasteiger charge is -2.16. The van der Waals surface area contributed by atoms with E-state index < -0.39 is 10.0 Å². The molecule has 128 valence electrons. The first-order chi connectivity index (χ1) is 11.3. The second-order valence-electron chi connectivity index (χ2n) is 5.30. The van der Waals surface area contributed by atoms with Crippen LogP contribution in [-0.4, -0.2) is 20.6 Å². The van der Waals surface area contributed by atoms with Gasteiger partial charge in [-0.2, -0.15) is 0 Å². The van der Waals surface area contributed by atoms with Crippen LogP contribution in [0, 0.1) is 0 Å². The van der Waals surface area contributed by atoms with Gasteiger partial charge in [-0.25, -0.2) is 13.1 Å². The molecule has 2 rings (SSSR count). The van der Waals surface area contributed by atoms with Gasteiger partial charge in [0.25, 0.3) is 0 Å². The lowest BCUT2D eigenvalue weighted by molar-refractivity contribution is -0.114. The summed E-state index contributed by atoms with van der Waals surface area (Å²) in [6.45, 7) is 3.18. The Hall–Kier alpha value is -1.83. The van der Waals surface area contributed by atoms with Gasteiger partial charge >= 0.3 is 0 Å². The van der Waals surface area contributed by atoms with Crippen LogP contribution in [0.2, 0.25) is 0 Å². The number of nitrogens with one attached hydrogen (secondary N) is 2. The Labute approximate surface area is 146 Å². The highest BCUT2D eigenvalue weighted by Gasteiger charge is 2.20. The zero-order valence-electron chi connectivity index (χ0n) is 13.7. The molecule has 1 atom stereocenters. The summed E-state index contributed by atoms with van der Waals surface area (Å²) in [5.41, 5.74) is 1.37. The molecule has 0 aliphatic rings. The van der Waals surface area contributed by atoms with E-state index in [-0.39, 0.29) is 16.8 Å². The van der Waals surface area contributed by atoms with Crippen molar-refractivity contribution in [1.29, 1.82) is 0 Å². The van der Waals surface area contributed by atoms with Crippen LogP contribution in [0.3, 0.4) is 0 Å². The molecular formula is C17H20N2O3S2. The number of carbonyl (C=O) groups is 1. The molecule has 0 saturated carbocycles. The molecule has 0 aliphatic carbocycles. The molecule has 7 heteroatoms. The van der Waals surface area contributed by atoms with Crippen molar-refractivity contribution in [2.75, 3.05) is 11.6 Å². The molecular weight excluding hydrogens is 344 g/mol. The summed E-state index contributed by atoms with van der Waals surface area (Å²) in [5, 5.41) is 2.67. The largest absolute Gasteiger partial charge is 0.325 e. The van der Waals surface area contributed by atoms with E-state index >= 15 is 0 Å². The number of hydrogen-bond acceptors (Lipinski definition) is 4. The fourth-order valence-electron chi connectivity index (χ4n) is 2.25. The van der Waals surface area contributed by atoms with E-state index in [2.05, 4.69) is 10.0 Å². The zero-order chi connectivity index (χ0) is 17.7. The summed E-state index contributed by atoms with van der Waals surface area (Å²) in [4.78, 5) is 12.2. The van der Waals surface area contributed by atoms with Crippen molar-refractivity contribution in [3.05, 3.63) is 54.1 Å². The molecule has 0 bridgehead atoms. The lowest BCUT2D eigenvalue weighted by Crippen LogP contribution is -2.27. The summed E-state index contributed by atoms with van der Waals surface area (Å²) >= 11 is 1.44. The molecule has 0 aliphatic heterocycles. The Morgan fingerprint density at radius 3 is 2.38 bits per heavy atom. The van der Waals surface area contributed by atoms with E-state index in [1.165, 1.54) is 30.8 Å². The van der Waals surface area contributed by atoms with Gasteiger partial charge in [-0.15, -0.1) is 11.8 Å². The van der Waals surface area contributed by atoms with E-state index in [1.807, 2.05) is 36.6 Å². The number of anilines is 1. The normalized spacial score (nSPS) is 12.6. The molecule has 0 aromatic heterocycles. The van der Waals surface area contributed by atoms with Crippen molar-refractivity contribution in [2.24, 2.45) is 0 Å². The fourth-order valence-corrected chi connectivity index (χ4v) is 4.04. The monoisotopic (exact) mass is 364 g/mol. The van der Waals surface area contributed by atoms with Crippen molar-refractivity contribution in [3.63, 3.8) is 0 Å². The predicted octanol–water partition coefficient (Wildman–Crippen LogP) is 3.41. The van der Waals surface area contributed by atoms with E-state index in [4.69, 9.17) is 0 Å². The minimum atomic E-state index is -3.70. The van der Waals surface area contributed by atoms with Gasteiger partial charge < -0.3 is 5.32 Å². The Kier molecular flexibility index (Phi) is 6.04. The predicted molar refractivity (Wildman–Crippen MR) is 97.7 cm³/mol. The molecule has 2 aromatic carbocycles. The van der Waals surface area contributed by atoms with Gasteiger partial charge in [-0.05, 0) is 36.9 Å². The van der Waals surface area contributed by atoms with E-state index in [0.717, 1.165) is 10.5 Å². The first-order valence-electron chi connectivity index (χ1n) is 7.36. The molecule has 0 saturated heterocycles. The molecule has 0 radical (unpaired) electrons. The summed E-state index contributed by atoms with van der Waals surface area (Å²) in [6.07, 6.45) is 1.87. The Bertz CT molecular complexity index is 821. The molecule has 2 N–H and O–H groups in total. The molecule has 0 spiro atoms. The van der Waals surface area contributed by atoms with Gasteiger partial charge in [0, 0.05) is 17.9 Å². The minimum Gasteiger partial charge on any atom is -0.325 e. The van der Waals surface area contributed by atoms with Crippen molar-refractivity contribution in [2.45, 2.75) is 29.7 Å². The lowest BCUT2D eigenvalue weighted by atomic mass is 10.1. The maximum atomic E-state index is 12.6. The average molecular weight is 364 g/mol. The minimum absolute atomic E-state index is 0.117. The number of benzene rings is 2. The second-order valence-corrected chi connectivity index (χ2v) is 7.86. The van der Waals surface area contributed by atoms with E-state index in [9.17, 15) is 13.2 Å². The standard InChI is InChI=1S/C17H20N2O3S2/c1-12(14-7-5-4-6-8-14)19-24(21,22)15-9-10-17(23-3)16(11-15)18-13(2)20/h4-12,19H,1-3H3,(H,18,20)/t12-/m1/s1. The highest BCUT2D eigenvalue weighted by molar-refractivity contribution is 7.98. The number of sulfonamides is 1. The average Bonchev–Trinajstić information content (AvgIpc) is 2.54. The Morgan fingerprint density at radius 2 is 1.79 bits per heavy atom. The van der Waals surface area contributed by atoms with Crippen molar-refractivity contribution >= 4 is 33.4 Å². The quantitative estimate of drug-likeness (QED) is 0.770. The van der Waals surface area contributed by atoms with E-state index in [0.29, 0.717) is 5.69 Å². The summed E-state index contributed by atoms with van der Waals surface area (Å²) < 4.78 is 27.9. The van der Waals surface area contributed by atoms with E-state index in [1.54, 1.807) is 13.0 Å². The molecule has 0 unspecified atom stereocenters. The number of carbonyl (C=O) groups excluding carboxylic acids is 1. The maximum absolute atomic E-state index is 12.6. The topological polar surface area (TPSA) is 75.3 Å². The Morgan fingerprint density at radius 1 is 1.12 bits per heavy atom. The molecule has 1 amide bonds. The molecule has 0 fully saturated rings. The van der Waals surface area contributed by atoms with Crippen molar-refractivity contribution < 1.29 is 13.2 Å². The van der Waals surface area contributed by atoms with Crippen molar-refractivity contribution in [3.8, 4) is 0 Å². The van der Waals surface area contributed by atoms with Crippen LogP contribution in [0.25, 0.3) is 0 Å². The number of thioether (sulfide) groups is 1. The molecule has 2 aromatic rings. The molecule has 5 nitrogen and oxygen atoms in total. The molecule has 24 heavy (non-hydrogen) atoms. The number of hydrogen-bond donors (Lipinski definition) is 2. The first kappa shape index (κ1) is 18.5. The fraction of sp³-hybridized carbons (Fsp3) is 0.235. The van der Waals surface area contributed by atoms with Crippen LogP contribution < -0.4 is 10.0 Å². The van der Waals surface area contributed by atoms with Gasteiger partial charge in [0.15, 0.2) is 0 Å². The highest BCUT2D eigenvalue weighted by Crippen LogP contribution is 2.28. The molecule has 0 heterocycles. The Balaban J connectivity index is 2.30. The third-order valence-corrected chi connectivity index (χ3v) is 5.76. The van der Waals surface area contributed by atoms with Crippen LogP contribution in [0.1, 0.15) is 25.5 Å². The number of rotatable bonds is 6. The third kappa shape index (κ3) is 4.59. The smallest absolute Gasteiger partial charge is 0.241 e. The SMILES string of the molecule is CSc1ccc(S(=O)(=O)N[C@H](C)c2ccccc2)cc1NC(C)=O. The van der Waals surface area contributed by atoms with Crippen LogP contribution in [0.5, 0.6) is 0 Å². The zero-order valence-corrected chi connectivity index (χ0v) is 15.4. The van der Waals surface area contributed by atoms with Crippen LogP contribution in [-0.2, 0) is 14.8 Å².